The number of nitrogens with zero attached hydrogens (tertiary/aromatic N) is 2. The predicted molar refractivity (Wildman–Crippen MR) is 51.1 cm³/mol. The molecule has 0 aromatic carbocycles. The molecule has 0 saturated heterocycles. The minimum Gasteiger partial charge on any atom is -0.339 e. The summed E-state index contributed by atoms with van der Waals surface area (Å²) in [7, 11) is 0. The summed E-state index contributed by atoms with van der Waals surface area (Å²) in [6.07, 6.45) is 0.651. The van der Waals surface area contributed by atoms with Crippen molar-refractivity contribution in [1.82, 2.24) is 15.5 Å². The molecule has 1 aromatic heterocycles. The molecule has 0 atom stereocenters. The number of hydrogen-bond donors (Lipinski definition) is 1. The summed E-state index contributed by atoms with van der Waals surface area (Å²) in [5.41, 5.74) is 0. The van der Waals surface area contributed by atoms with Crippen LogP contribution in [0.1, 0.15) is 37.3 Å². The van der Waals surface area contributed by atoms with Crippen molar-refractivity contribution in [1.29, 1.82) is 0 Å². The van der Waals surface area contributed by atoms with E-state index in [1.165, 1.54) is 6.92 Å². The third kappa shape index (κ3) is 3.26. The Labute approximate surface area is 82.9 Å². The molecule has 0 amide bonds. The molecule has 1 N–H and O–H groups in total. The van der Waals surface area contributed by atoms with Crippen molar-refractivity contribution in [3.63, 3.8) is 0 Å². The average molecular weight is 197 g/mol. The van der Waals surface area contributed by atoms with E-state index in [9.17, 15) is 4.79 Å². The largest absolute Gasteiger partial charge is 0.339 e. The van der Waals surface area contributed by atoms with Gasteiger partial charge in [0.2, 0.25) is 17.5 Å². The first-order chi connectivity index (χ1) is 6.59. The summed E-state index contributed by atoms with van der Waals surface area (Å²) in [5.74, 6) is 0.490. The minimum atomic E-state index is -0.170. The summed E-state index contributed by atoms with van der Waals surface area (Å²) in [6.45, 7) is 6.32. The second-order valence-corrected chi connectivity index (χ2v) is 3.43. The zero-order valence-corrected chi connectivity index (χ0v) is 8.70. The zero-order valence-electron chi connectivity index (χ0n) is 8.70. The molecule has 0 unspecified atom stereocenters. The van der Waals surface area contributed by atoms with Gasteiger partial charge < -0.3 is 9.84 Å². The molecule has 0 saturated carbocycles. The molecular weight excluding hydrogens is 182 g/mol. The third-order valence-electron chi connectivity index (χ3n) is 1.67. The van der Waals surface area contributed by atoms with Gasteiger partial charge in [-0.15, -0.1) is 0 Å². The highest BCUT2D eigenvalue weighted by atomic mass is 16.5. The van der Waals surface area contributed by atoms with Crippen molar-refractivity contribution < 1.29 is 9.32 Å². The highest BCUT2D eigenvalue weighted by Gasteiger charge is 2.09. The lowest BCUT2D eigenvalue weighted by molar-refractivity contribution is 0.100. The SMILES string of the molecule is CC(=O)c1noc(CCNC(C)C)n1. The molecule has 0 radical (unpaired) electrons. The van der Waals surface area contributed by atoms with Gasteiger partial charge in [0.1, 0.15) is 0 Å². The molecule has 0 aliphatic carbocycles. The average Bonchev–Trinajstić information content (AvgIpc) is 2.52. The quantitative estimate of drug-likeness (QED) is 0.707. The van der Waals surface area contributed by atoms with Crippen LogP contribution in [0.15, 0.2) is 4.52 Å². The molecular formula is C9H15N3O2. The molecule has 1 heterocycles. The fourth-order valence-electron chi connectivity index (χ4n) is 0.967. The van der Waals surface area contributed by atoms with Crippen LogP contribution in [-0.2, 0) is 6.42 Å². The van der Waals surface area contributed by atoms with Crippen LogP contribution in [0.4, 0.5) is 0 Å². The van der Waals surface area contributed by atoms with Gasteiger partial charge in [0, 0.05) is 25.9 Å². The van der Waals surface area contributed by atoms with Gasteiger partial charge in [-0.1, -0.05) is 19.0 Å². The Hall–Kier alpha value is -1.23. The maximum Gasteiger partial charge on any atom is 0.238 e. The van der Waals surface area contributed by atoms with Crippen LogP contribution in [0, 0.1) is 0 Å². The lowest BCUT2D eigenvalue weighted by atomic mass is 10.3. The van der Waals surface area contributed by atoms with Gasteiger partial charge in [-0.2, -0.15) is 4.98 Å². The number of hydrogen-bond acceptors (Lipinski definition) is 5. The van der Waals surface area contributed by atoms with Crippen LogP contribution < -0.4 is 5.32 Å². The molecule has 78 valence electrons. The number of rotatable bonds is 5. The zero-order chi connectivity index (χ0) is 10.6. The standard InChI is InChI=1S/C9H15N3O2/c1-6(2)10-5-4-8-11-9(7(3)13)12-14-8/h6,10H,4-5H2,1-3H3. The number of nitrogens with one attached hydrogen (secondary N) is 1. The summed E-state index contributed by atoms with van der Waals surface area (Å²) in [4.78, 5) is 14.8. The van der Waals surface area contributed by atoms with Gasteiger partial charge in [-0.25, -0.2) is 0 Å². The van der Waals surface area contributed by atoms with Crippen LogP contribution in [0.5, 0.6) is 0 Å². The van der Waals surface area contributed by atoms with E-state index < -0.39 is 0 Å². The van der Waals surface area contributed by atoms with Crippen LogP contribution in [0.3, 0.4) is 0 Å². The van der Waals surface area contributed by atoms with Crippen LogP contribution in [0.25, 0.3) is 0 Å². The monoisotopic (exact) mass is 197 g/mol. The maximum atomic E-state index is 10.8. The van der Waals surface area contributed by atoms with Gasteiger partial charge >= 0.3 is 0 Å². The third-order valence-corrected chi connectivity index (χ3v) is 1.67. The lowest BCUT2D eigenvalue weighted by Crippen LogP contribution is -2.25. The second-order valence-electron chi connectivity index (χ2n) is 3.43. The fraction of sp³-hybridized carbons (Fsp3) is 0.667. The maximum absolute atomic E-state index is 10.8. The highest BCUT2D eigenvalue weighted by Crippen LogP contribution is 1.98. The molecule has 0 bridgehead atoms. The van der Waals surface area contributed by atoms with Gasteiger partial charge in [-0.3, -0.25) is 4.79 Å². The lowest BCUT2D eigenvalue weighted by Gasteiger charge is -2.04. The van der Waals surface area contributed by atoms with Crippen LogP contribution >= 0.6 is 0 Å². The van der Waals surface area contributed by atoms with E-state index in [-0.39, 0.29) is 11.6 Å². The summed E-state index contributed by atoms with van der Waals surface area (Å²) in [5, 5.41) is 6.77. The number of carbonyl (C=O) groups excluding carboxylic acids is 1. The Morgan fingerprint density at radius 3 is 2.79 bits per heavy atom. The Morgan fingerprint density at radius 2 is 2.29 bits per heavy atom. The van der Waals surface area contributed by atoms with Crippen LogP contribution in [0.2, 0.25) is 0 Å². The van der Waals surface area contributed by atoms with Gasteiger partial charge in [-0.05, 0) is 0 Å². The van der Waals surface area contributed by atoms with Crippen molar-refractivity contribution in [3.05, 3.63) is 11.7 Å². The molecule has 5 heteroatoms. The summed E-state index contributed by atoms with van der Waals surface area (Å²) in [6, 6.07) is 0.435. The first kappa shape index (κ1) is 10.8. The van der Waals surface area contributed by atoms with Crippen molar-refractivity contribution in [2.45, 2.75) is 33.2 Å². The van der Waals surface area contributed by atoms with E-state index in [1.807, 2.05) is 0 Å². The van der Waals surface area contributed by atoms with Gasteiger partial charge in [0.05, 0.1) is 0 Å². The predicted octanol–water partition coefficient (Wildman–Crippen LogP) is 0.813. The molecule has 0 fully saturated rings. The molecule has 0 aliphatic rings. The number of carbonyl (C=O) groups is 1. The van der Waals surface area contributed by atoms with Gasteiger partial charge in [0.25, 0.3) is 0 Å². The smallest absolute Gasteiger partial charge is 0.238 e. The van der Waals surface area contributed by atoms with E-state index in [4.69, 9.17) is 4.52 Å². The Bertz CT molecular complexity index is 307. The van der Waals surface area contributed by atoms with E-state index in [1.54, 1.807) is 0 Å². The minimum absolute atomic E-state index is 0.157. The van der Waals surface area contributed by atoms with Crippen LogP contribution in [-0.4, -0.2) is 28.5 Å². The molecule has 0 spiro atoms. The van der Waals surface area contributed by atoms with Gasteiger partial charge in [0.15, 0.2) is 0 Å². The molecule has 14 heavy (non-hydrogen) atoms. The topological polar surface area (TPSA) is 68.0 Å². The van der Waals surface area contributed by atoms with Crippen molar-refractivity contribution in [2.24, 2.45) is 0 Å². The first-order valence-corrected chi connectivity index (χ1v) is 4.66. The molecule has 1 rings (SSSR count). The molecule has 0 aliphatic heterocycles. The molecule has 5 nitrogen and oxygen atoms in total. The number of ketones is 1. The van der Waals surface area contributed by atoms with E-state index in [2.05, 4.69) is 29.3 Å². The van der Waals surface area contributed by atoms with Crippen molar-refractivity contribution >= 4 is 5.78 Å². The highest BCUT2D eigenvalue weighted by molar-refractivity contribution is 5.89. The van der Waals surface area contributed by atoms with E-state index >= 15 is 0 Å². The summed E-state index contributed by atoms with van der Waals surface area (Å²) >= 11 is 0. The Morgan fingerprint density at radius 1 is 1.57 bits per heavy atom. The number of Topliss-reactive ketones (excluding diaryl/α,β-unsaturated/α-hetero) is 1. The number of aromatic nitrogens is 2. The Balaban J connectivity index is 2.40. The first-order valence-electron chi connectivity index (χ1n) is 4.66. The van der Waals surface area contributed by atoms with Crippen molar-refractivity contribution in [2.75, 3.05) is 6.54 Å². The van der Waals surface area contributed by atoms with E-state index in [0.717, 1.165) is 6.54 Å². The van der Waals surface area contributed by atoms with E-state index in [0.29, 0.717) is 18.4 Å². The second kappa shape index (κ2) is 4.85. The van der Waals surface area contributed by atoms with Crippen molar-refractivity contribution in [3.8, 4) is 0 Å². The molecule has 1 aromatic rings. The Kier molecular flexibility index (Phi) is 3.76. The normalized spacial score (nSPS) is 10.9. The fourth-order valence-corrected chi connectivity index (χ4v) is 0.967. The summed E-state index contributed by atoms with van der Waals surface area (Å²) < 4.78 is 4.89.